The average Bonchev–Trinajstić information content (AvgIpc) is 3.07. The average molecular weight is 328 g/mol. The van der Waals surface area contributed by atoms with Crippen molar-refractivity contribution in [2.45, 2.75) is 24.5 Å². The maximum Gasteiger partial charge on any atom is 0.167 e. The summed E-state index contributed by atoms with van der Waals surface area (Å²) in [5, 5.41) is 10.4. The van der Waals surface area contributed by atoms with Crippen molar-refractivity contribution < 1.29 is 14.6 Å². The molecule has 0 unspecified atom stereocenters. The van der Waals surface area contributed by atoms with Gasteiger partial charge in [-0.3, -0.25) is 4.90 Å². The zero-order valence-corrected chi connectivity index (χ0v) is 12.7. The van der Waals surface area contributed by atoms with Crippen LogP contribution in [0.25, 0.3) is 0 Å². The highest BCUT2D eigenvalue weighted by atomic mass is 79.9. The Labute approximate surface area is 121 Å². The van der Waals surface area contributed by atoms with Gasteiger partial charge >= 0.3 is 0 Å². The Morgan fingerprint density at radius 3 is 2.58 bits per heavy atom. The summed E-state index contributed by atoms with van der Waals surface area (Å²) >= 11 is 3.46. The summed E-state index contributed by atoms with van der Waals surface area (Å²) in [6, 6.07) is 3.82. The predicted molar refractivity (Wildman–Crippen MR) is 75.7 cm³/mol. The molecule has 2 fully saturated rings. The lowest BCUT2D eigenvalue weighted by molar-refractivity contribution is 0.0330. The van der Waals surface area contributed by atoms with Gasteiger partial charge in [-0.15, -0.1) is 0 Å². The maximum absolute atomic E-state index is 10.4. The number of likely N-dealkylation sites (N-methyl/N-ethyl adjacent to an activating group) is 1. The first kappa shape index (κ1) is 13.2. The molecule has 104 valence electrons. The first-order chi connectivity index (χ1) is 9.01. The lowest BCUT2D eigenvalue weighted by atomic mass is 10.1. The van der Waals surface area contributed by atoms with Crippen molar-refractivity contribution in [1.82, 2.24) is 4.90 Å². The molecule has 0 bridgehead atoms. The van der Waals surface area contributed by atoms with Gasteiger partial charge in [0.05, 0.1) is 12.7 Å². The van der Waals surface area contributed by atoms with Crippen LogP contribution in [-0.2, 0) is 5.60 Å². The van der Waals surface area contributed by atoms with E-state index in [1.54, 1.807) is 7.11 Å². The highest BCUT2D eigenvalue weighted by molar-refractivity contribution is 9.10. The molecule has 0 atom stereocenters. The smallest absolute Gasteiger partial charge is 0.167 e. The van der Waals surface area contributed by atoms with Gasteiger partial charge < -0.3 is 14.6 Å². The maximum atomic E-state index is 10.4. The Kier molecular flexibility index (Phi) is 3.23. The number of halogens is 1. The van der Waals surface area contributed by atoms with Gasteiger partial charge in [0.15, 0.2) is 11.5 Å². The van der Waals surface area contributed by atoms with Crippen LogP contribution < -0.4 is 9.47 Å². The van der Waals surface area contributed by atoms with Crippen LogP contribution in [0, 0.1) is 0 Å². The molecule has 1 aliphatic heterocycles. The van der Waals surface area contributed by atoms with Crippen molar-refractivity contribution in [3.63, 3.8) is 0 Å². The zero-order chi connectivity index (χ0) is 13.6. The number of methoxy groups -OCH3 is 1. The first-order valence-corrected chi connectivity index (χ1v) is 7.27. The highest BCUT2D eigenvalue weighted by Gasteiger charge is 2.46. The summed E-state index contributed by atoms with van der Waals surface area (Å²) in [5.41, 5.74) is 0.107. The van der Waals surface area contributed by atoms with E-state index in [4.69, 9.17) is 9.47 Å². The third kappa shape index (κ3) is 2.47. The number of hydrogen-bond donors (Lipinski definition) is 1. The standard InChI is InChI=1S/C14H18BrNO3/c1-16-7-10(8-16)19-13-11(14(17)3-4-14)5-9(15)6-12(13)18-2/h5-6,10,17H,3-4,7-8H2,1-2H3. The molecule has 1 saturated heterocycles. The normalized spacial score (nSPS) is 21.9. The van der Waals surface area contributed by atoms with Gasteiger partial charge in [-0.05, 0) is 32.0 Å². The minimum Gasteiger partial charge on any atom is -0.493 e. The van der Waals surface area contributed by atoms with Gasteiger partial charge in [0, 0.05) is 23.1 Å². The summed E-state index contributed by atoms with van der Waals surface area (Å²) < 4.78 is 12.4. The number of ether oxygens (including phenoxy) is 2. The van der Waals surface area contributed by atoms with E-state index in [1.807, 2.05) is 12.1 Å². The molecular weight excluding hydrogens is 310 g/mol. The van der Waals surface area contributed by atoms with Crippen molar-refractivity contribution in [2.75, 3.05) is 27.2 Å². The molecule has 1 saturated carbocycles. The number of aliphatic hydroxyl groups is 1. The topological polar surface area (TPSA) is 41.9 Å². The van der Waals surface area contributed by atoms with Crippen LogP contribution in [0.15, 0.2) is 16.6 Å². The van der Waals surface area contributed by atoms with Gasteiger partial charge in [0.25, 0.3) is 0 Å². The Morgan fingerprint density at radius 1 is 1.37 bits per heavy atom. The van der Waals surface area contributed by atoms with Gasteiger partial charge in [-0.2, -0.15) is 0 Å². The monoisotopic (exact) mass is 327 g/mol. The van der Waals surface area contributed by atoms with E-state index >= 15 is 0 Å². The Bertz CT molecular complexity index is 496. The van der Waals surface area contributed by atoms with E-state index in [2.05, 4.69) is 27.9 Å². The fraction of sp³-hybridized carbons (Fsp3) is 0.571. The number of benzene rings is 1. The molecule has 1 aromatic rings. The SMILES string of the molecule is COc1cc(Br)cc(C2(O)CC2)c1OC1CN(C)C1. The third-order valence-electron chi connectivity index (χ3n) is 3.78. The second kappa shape index (κ2) is 4.65. The van der Waals surface area contributed by atoms with Crippen LogP contribution in [0.2, 0.25) is 0 Å². The van der Waals surface area contributed by atoms with Crippen LogP contribution in [0.4, 0.5) is 0 Å². The van der Waals surface area contributed by atoms with Gasteiger partial charge in [0.1, 0.15) is 6.10 Å². The first-order valence-electron chi connectivity index (χ1n) is 6.47. The lowest BCUT2D eigenvalue weighted by Crippen LogP contribution is -2.51. The van der Waals surface area contributed by atoms with E-state index < -0.39 is 5.60 Å². The highest BCUT2D eigenvalue weighted by Crippen LogP contribution is 2.52. The molecule has 2 aliphatic rings. The van der Waals surface area contributed by atoms with Crippen LogP contribution in [-0.4, -0.2) is 43.4 Å². The number of rotatable bonds is 4. The number of hydrogen-bond acceptors (Lipinski definition) is 4. The molecular formula is C14H18BrNO3. The van der Waals surface area contributed by atoms with Crippen molar-refractivity contribution in [3.05, 3.63) is 22.2 Å². The van der Waals surface area contributed by atoms with Crippen LogP contribution >= 0.6 is 15.9 Å². The second-order valence-electron chi connectivity index (χ2n) is 5.48. The van der Waals surface area contributed by atoms with Crippen molar-refractivity contribution >= 4 is 15.9 Å². The molecule has 4 nitrogen and oxygen atoms in total. The van der Waals surface area contributed by atoms with E-state index in [9.17, 15) is 5.11 Å². The fourth-order valence-corrected chi connectivity index (χ4v) is 2.90. The molecule has 19 heavy (non-hydrogen) atoms. The fourth-order valence-electron chi connectivity index (χ4n) is 2.46. The summed E-state index contributed by atoms with van der Waals surface area (Å²) in [6.45, 7) is 1.83. The van der Waals surface area contributed by atoms with E-state index in [0.717, 1.165) is 36.0 Å². The largest absolute Gasteiger partial charge is 0.493 e. The second-order valence-corrected chi connectivity index (χ2v) is 6.39. The van der Waals surface area contributed by atoms with Crippen molar-refractivity contribution in [3.8, 4) is 11.5 Å². The van der Waals surface area contributed by atoms with Crippen LogP contribution in [0.3, 0.4) is 0 Å². The number of nitrogens with zero attached hydrogens (tertiary/aromatic N) is 1. The van der Waals surface area contributed by atoms with Crippen molar-refractivity contribution in [1.29, 1.82) is 0 Å². The summed E-state index contributed by atoms with van der Waals surface area (Å²) in [6.07, 6.45) is 1.75. The quantitative estimate of drug-likeness (QED) is 0.919. The summed E-state index contributed by atoms with van der Waals surface area (Å²) in [4.78, 5) is 2.20. The minimum absolute atomic E-state index is 0.182. The Hall–Kier alpha value is -0.780. The molecule has 0 amide bonds. The van der Waals surface area contributed by atoms with E-state index in [1.165, 1.54) is 0 Å². The van der Waals surface area contributed by atoms with E-state index in [0.29, 0.717) is 11.5 Å². The molecule has 0 radical (unpaired) electrons. The van der Waals surface area contributed by atoms with Crippen molar-refractivity contribution in [2.24, 2.45) is 0 Å². The lowest BCUT2D eigenvalue weighted by Gasteiger charge is -2.37. The molecule has 3 rings (SSSR count). The van der Waals surface area contributed by atoms with E-state index in [-0.39, 0.29) is 6.10 Å². The molecule has 0 spiro atoms. The molecule has 1 heterocycles. The Balaban J connectivity index is 1.94. The molecule has 1 N–H and O–H groups in total. The Morgan fingerprint density at radius 2 is 2.05 bits per heavy atom. The van der Waals surface area contributed by atoms with Gasteiger partial charge in [0.2, 0.25) is 0 Å². The van der Waals surface area contributed by atoms with Gasteiger partial charge in [-0.25, -0.2) is 0 Å². The molecule has 0 aromatic heterocycles. The molecule has 5 heteroatoms. The summed E-state index contributed by atoms with van der Waals surface area (Å²) in [5.74, 6) is 1.38. The predicted octanol–water partition coefficient (Wildman–Crippen LogP) is 2.13. The van der Waals surface area contributed by atoms with Crippen LogP contribution in [0.5, 0.6) is 11.5 Å². The summed E-state index contributed by atoms with van der Waals surface area (Å²) in [7, 11) is 3.69. The number of likely N-dealkylation sites (tertiary alicyclic amines) is 1. The minimum atomic E-state index is -0.734. The zero-order valence-electron chi connectivity index (χ0n) is 11.1. The third-order valence-corrected chi connectivity index (χ3v) is 4.24. The van der Waals surface area contributed by atoms with Crippen LogP contribution in [0.1, 0.15) is 18.4 Å². The van der Waals surface area contributed by atoms with Gasteiger partial charge in [-0.1, -0.05) is 15.9 Å². The molecule has 1 aromatic carbocycles. The molecule has 1 aliphatic carbocycles.